The second-order valence-corrected chi connectivity index (χ2v) is 7.70. The van der Waals surface area contributed by atoms with Crippen molar-refractivity contribution in [1.82, 2.24) is 19.4 Å². The number of halogens is 4. The summed E-state index contributed by atoms with van der Waals surface area (Å²) in [5, 5.41) is 10.7. The van der Waals surface area contributed by atoms with Gasteiger partial charge in [0.05, 0.1) is 28.0 Å². The molecule has 5 nitrogen and oxygen atoms in total. The zero-order valence-corrected chi connectivity index (χ0v) is 16.5. The van der Waals surface area contributed by atoms with Crippen LogP contribution in [-0.4, -0.2) is 24.5 Å². The summed E-state index contributed by atoms with van der Waals surface area (Å²) >= 11 is 6.38. The van der Waals surface area contributed by atoms with Crippen LogP contribution in [0.15, 0.2) is 36.5 Å². The predicted molar refractivity (Wildman–Crippen MR) is 104 cm³/mol. The van der Waals surface area contributed by atoms with Crippen LogP contribution in [0.5, 0.6) is 0 Å². The highest BCUT2D eigenvalue weighted by Gasteiger charge is 2.33. The molecule has 0 atom stereocenters. The highest BCUT2D eigenvalue weighted by molar-refractivity contribution is 6.33. The van der Waals surface area contributed by atoms with Gasteiger partial charge in [-0.25, -0.2) is 15.0 Å². The van der Waals surface area contributed by atoms with Crippen LogP contribution in [0.2, 0.25) is 5.02 Å². The summed E-state index contributed by atoms with van der Waals surface area (Å²) in [6, 6.07) is 7.17. The molecule has 150 valence electrons. The van der Waals surface area contributed by atoms with E-state index in [0.717, 1.165) is 6.07 Å². The van der Waals surface area contributed by atoms with Crippen LogP contribution in [0.4, 0.5) is 13.2 Å². The van der Waals surface area contributed by atoms with E-state index in [0.29, 0.717) is 38.7 Å². The lowest BCUT2D eigenvalue weighted by molar-refractivity contribution is -0.141. The van der Waals surface area contributed by atoms with E-state index < -0.39 is 17.5 Å². The molecule has 0 saturated heterocycles. The first-order chi connectivity index (χ1) is 13.5. The molecule has 1 N–H and O–H groups in total. The van der Waals surface area contributed by atoms with Crippen molar-refractivity contribution in [1.29, 1.82) is 0 Å². The normalized spacial score (nSPS) is 12.8. The molecule has 0 spiro atoms. The van der Waals surface area contributed by atoms with Gasteiger partial charge in [-0.2, -0.15) is 13.2 Å². The van der Waals surface area contributed by atoms with E-state index in [4.69, 9.17) is 11.6 Å². The van der Waals surface area contributed by atoms with Crippen LogP contribution in [0.25, 0.3) is 28.1 Å². The van der Waals surface area contributed by atoms with Crippen molar-refractivity contribution in [3.63, 3.8) is 0 Å². The Kier molecular flexibility index (Phi) is 4.32. The van der Waals surface area contributed by atoms with Gasteiger partial charge in [-0.3, -0.25) is 4.40 Å². The maximum atomic E-state index is 13.2. The molecule has 0 aliphatic rings. The van der Waals surface area contributed by atoms with Gasteiger partial charge in [0.15, 0.2) is 5.65 Å². The third-order valence-electron chi connectivity index (χ3n) is 4.69. The number of fused-ring (bicyclic) bond motifs is 3. The molecular weight excluding hydrogens is 405 g/mol. The molecule has 3 aromatic heterocycles. The number of hydrogen-bond acceptors (Lipinski definition) is 4. The lowest BCUT2D eigenvalue weighted by atomic mass is 9.96. The molecule has 0 amide bonds. The number of aromatic nitrogens is 4. The quantitative estimate of drug-likeness (QED) is 0.487. The van der Waals surface area contributed by atoms with E-state index in [2.05, 4.69) is 15.0 Å². The molecule has 9 heteroatoms. The Bertz CT molecular complexity index is 1260. The predicted octanol–water partition coefficient (Wildman–Crippen LogP) is 5.15. The van der Waals surface area contributed by atoms with Gasteiger partial charge in [0, 0.05) is 5.56 Å². The minimum atomic E-state index is -4.59. The molecule has 0 bridgehead atoms. The van der Waals surface area contributed by atoms with Crippen LogP contribution >= 0.6 is 11.6 Å². The van der Waals surface area contributed by atoms with Gasteiger partial charge in [0.2, 0.25) is 0 Å². The minimum Gasteiger partial charge on any atom is -0.386 e. The van der Waals surface area contributed by atoms with E-state index >= 15 is 0 Å². The lowest BCUT2D eigenvalue weighted by Crippen LogP contribution is -2.15. The average molecular weight is 421 g/mol. The van der Waals surface area contributed by atoms with Gasteiger partial charge < -0.3 is 5.11 Å². The van der Waals surface area contributed by atoms with Crippen molar-refractivity contribution in [2.75, 3.05) is 0 Å². The molecule has 4 rings (SSSR count). The van der Waals surface area contributed by atoms with Crippen molar-refractivity contribution in [2.24, 2.45) is 0 Å². The number of imidazole rings is 1. The monoisotopic (exact) mass is 420 g/mol. The Morgan fingerprint density at radius 1 is 1.07 bits per heavy atom. The zero-order chi connectivity index (χ0) is 21.1. The van der Waals surface area contributed by atoms with Crippen molar-refractivity contribution in [3.8, 4) is 11.4 Å². The third kappa shape index (κ3) is 3.32. The number of nitrogens with zero attached hydrogens (tertiary/aromatic N) is 4. The van der Waals surface area contributed by atoms with E-state index in [1.54, 1.807) is 39.0 Å². The Hall–Kier alpha value is -2.71. The number of aryl methyl sites for hydroxylation is 1. The third-order valence-corrected chi connectivity index (χ3v) is 5.02. The highest BCUT2D eigenvalue weighted by atomic mass is 35.5. The van der Waals surface area contributed by atoms with E-state index in [1.807, 2.05) is 0 Å². The molecule has 0 aliphatic heterocycles. The smallest absolute Gasteiger partial charge is 0.386 e. The van der Waals surface area contributed by atoms with Crippen molar-refractivity contribution < 1.29 is 18.3 Å². The van der Waals surface area contributed by atoms with E-state index in [1.165, 1.54) is 16.7 Å². The fourth-order valence-corrected chi connectivity index (χ4v) is 3.38. The van der Waals surface area contributed by atoms with Crippen LogP contribution in [0.3, 0.4) is 0 Å². The number of rotatable bonds is 2. The fraction of sp³-hybridized carbons (Fsp3) is 0.250. The van der Waals surface area contributed by atoms with Crippen LogP contribution in [0, 0.1) is 6.92 Å². The minimum absolute atomic E-state index is 0.0256. The maximum Gasteiger partial charge on any atom is 0.433 e. The van der Waals surface area contributed by atoms with Crippen molar-refractivity contribution in [2.45, 2.75) is 32.5 Å². The second-order valence-electron chi connectivity index (χ2n) is 7.29. The van der Waals surface area contributed by atoms with Gasteiger partial charge in [0.1, 0.15) is 17.0 Å². The lowest BCUT2D eigenvalue weighted by Gasteiger charge is -2.19. The molecule has 4 aromatic rings. The summed E-state index contributed by atoms with van der Waals surface area (Å²) in [7, 11) is 0. The molecule has 0 fully saturated rings. The zero-order valence-electron chi connectivity index (χ0n) is 15.7. The van der Waals surface area contributed by atoms with Crippen LogP contribution in [0.1, 0.15) is 30.8 Å². The first-order valence-electron chi connectivity index (χ1n) is 8.71. The molecule has 0 aliphatic carbocycles. The van der Waals surface area contributed by atoms with E-state index in [9.17, 15) is 18.3 Å². The van der Waals surface area contributed by atoms with Gasteiger partial charge in [-0.05, 0) is 50.6 Å². The van der Waals surface area contributed by atoms with E-state index in [-0.39, 0.29) is 5.65 Å². The number of hydrogen-bond donors (Lipinski definition) is 1. The Morgan fingerprint density at radius 2 is 1.79 bits per heavy atom. The van der Waals surface area contributed by atoms with Crippen molar-refractivity contribution >= 4 is 28.3 Å². The first-order valence-corrected chi connectivity index (χ1v) is 9.09. The van der Waals surface area contributed by atoms with Gasteiger partial charge >= 0.3 is 6.18 Å². The summed E-state index contributed by atoms with van der Waals surface area (Å²) in [4.78, 5) is 12.6. The number of aliphatic hydroxyl groups is 1. The summed E-state index contributed by atoms with van der Waals surface area (Å²) in [6.07, 6.45) is -3.07. The molecule has 1 aromatic carbocycles. The largest absolute Gasteiger partial charge is 0.433 e. The van der Waals surface area contributed by atoms with Crippen molar-refractivity contribution in [3.05, 3.63) is 58.5 Å². The number of pyridine rings is 1. The Labute approximate surface area is 168 Å². The SMILES string of the molecule is Cc1nc2ccc(C(F)(F)F)nc2n2c(-c3cc(C(C)(C)O)ccc3Cl)ncc12. The molecule has 0 saturated carbocycles. The summed E-state index contributed by atoms with van der Waals surface area (Å²) in [5.74, 6) is 0.318. The molecule has 0 unspecified atom stereocenters. The summed E-state index contributed by atoms with van der Waals surface area (Å²) in [5.41, 5.74) is 0.345. The number of benzene rings is 1. The maximum absolute atomic E-state index is 13.2. The standard InChI is InChI=1S/C20H16ClF3N4O/c1-10-15-9-25-17(12-8-11(19(2,3)29)4-5-13(12)21)28(15)18-14(26-10)6-7-16(27-18)20(22,23)24/h4-9,29H,1-3H3. The van der Waals surface area contributed by atoms with Gasteiger partial charge in [-0.1, -0.05) is 17.7 Å². The molecule has 0 radical (unpaired) electrons. The Balaban J connectivity index is 2.09. The number of alkyl halides is 3. The van der Waals surface area contributed by atoms with Gasteiger partial charge in [0.25, 0.3) is 0 Å². The fourth-order valence-electron chi connectivity index (χ4n) is 3.18. The topological polar surface area (TPSA) is 63.3 Å². The molecular formula is C20H16ClF3N4O. The average Bonchev–Trinajstić information content (AvgIpc) is 3.06. The second kappa shape index (κ2) is 6.40. The highest BCUT2D eigenvalue weighted by Crippen LogP contribution is 2.34. The Morgan fingerprint density at radius 3 is 2.45 bits per heavy atom. The first kappa shape index (κ1) is 19.6. The van der Waals surface area contributed by atoms with Crippen LogP contribution in [-0.2, 0) is 11.8 Å². The summed E-state index contributed by atoms with van der Waals surface area (Å²) in [6.45, 7) is 5.00. The summed E-state index contributed by atoms with van der Waals surface area (Å²) < 4.78 is 41.2. The van der Waals surface area contributed by atoms with Gasteiger partial charge in [-0.15, -0.1) is 0 Å². The molecule has 3 heterocycles. The van der Waals surface area contributed by atoms with Crippen LogP contribution < -0.4 is 0 Å². The molecule has 29 heavy (non-hydrogen) atoms.